The Balaban J connectivity index is 1.55. The van der Waals surface area contributed by atoms with Gasteiger partial charge in [-0.2, -0.15) is 0 Å². The summed E-state index contributed by atoms with van der Waals surface area (Å²) in [6.45, 7) is 7.02. The van der Waals surface area contributed by atoms with Gasteiger partial charge in [-0.1, -0.05) is 179 Å². The van der Waals surface area contributed by atoms with Crippen LogP contribution in [0.4, 0.5) is 0 Å². The van der Waals surface area contributed by atoms with Crippen LogP contribution >= 0.6 is 0 Å². The molecular formula is C37H66N2. The number of nitrogens with zero attached hydrogens (tertiary/aromatic N) is 2. The quantitative estimate of drug-likeness (QED) is 0.103. The van der Waals surface area contributed by atoms with Gasteiger partial charge in [0.1, 0.15) is 6.17 Å². The van der Waals surface area contributed by atoms with Crippen LogP contribution in [0.1, 0.15) is 167 Å². The van der Waals surface area contributed by atoms with Crippen LogP contribution in [-0.2, 0) is 6.42 Å². The van der Waals surface area contributed by atoms with E-state index in [9.17, 15) is 0 Å². The molecule has 1 aromatic carbocycles. The fourth-order valence-corrected chi connectivity index (χ4v) is 6.16. The first-order chi connectivity index (χ1) is 19.3. The van der Waals surface area contributed by atoms with Crippen molar-refractivity contribution in [1.82, 2.24) is 9.80 Å². The summed E-state index contributed by atoms with van der Waals surface area (Å²) in [4.78, 5) is 5.27. The predicted octanol–water partition coefficient (Wildman–Crippen LogP) is 11.7. The first-order valence-electron chi connectivity index (χ1n) is 17.6. The predicted molar refractivity (Wildman–Crippen MR) is 174 cm³/mol. The van der Waals surface area contributed by atoms with Crippen molar-refractivity contribution in [1.29, 1.82) is 0 Å². The first kappa shape index (κ1) is 33.8. The van der Waals surface area contributed by atoms with Crippen molar-refractivity contribution in [3.05, 3.63) is 48.3 Å². The second-order valence-corrected chi connectivity index (χ2v) is 12.4. The highest BCUT2D eigenvalue weighted by Gasteiger charge is 2.25. The zero-order valence-electron chi connectivity index (χ0n) is 26.4. The molecule has 2 rings (SSSR count). The van der Waals surface area contributed by atoms with Crippen LogP contribution in [0.2, 0.25) is 0 Å². The molecule has 0 N–H and O–H groups in total. The Morgan fingerprint density at radius 3 is 1.13 bits per heavy atom. The van der Waals surface area contributed by atoms with Gasteiger partial charge in [-0.15, -0.1) is 0 Å². The van der Waals surface area contributed by atoms with Crippen LogP contribution in [0, 0.1) is 0 Å². The minimum atomic E-state index is 0.503. The van der Waals surface area contributed by atoms with Gasteiger partial charge in [0.15, 0.2) is 0 Å². The Morgan fingerprint density at radius 1 is 0.436 bits per heavy atom. The summed E-state index contributed by atoms with van der Waals surface area (Å²) in [7, 11) is 0. The van der Waals surface area contributed by atoms with Crippen LogP contribution in [-0.4, -0.2) is 29.1 Å². The third-order valence-corrected chi connectivity index (χ3v) is 8.77. The fraction of sp³-hybridized carbons (Fsp3) is 0.784. The van der Waals surface area contributed by atoms with E-state index in [1.165, 1.54) is 166 Å². The monoisotopic (exact) mass is 539 g/mol. The van der Waals surface area contributed by atoms with E-state index >= 15 is 0 Å². The normalized spacial score (nSPS) is 15.1. The van der Waals surface area contributed by atoms with Crippen molar-refractivity contribution < 1.29 is 0 Å². The second kappa shape index (κ2) is 24.4. The number of benzene rings is 1. The zero-order chi connectivity index (χ0) is 27.6. The molecule has 0 bridgehead atoms. The van der Waals surface area contributed by atoms with E-state index in [-0.39, 0.29) is 0 Å². The Labute approximate surface area is 245 Å². The highest BCUT2D eigenvalue weighted by molar-refractivity contribution is 5.17. The van der Waals surface area contributed by atoms with Crippen molar-refractivity contribution in [2.45, 2.75) is 174 Å². The Kier molecular flexibility index (Phi) is 21.1. The Hall–Kier alpha value is -1.44. The maximum atomic E-state index is 2.64. The fourth-order valence-electron chi connectivity index (χ4n) is 6.16. The van der Waals surface area contributed by atoms with Gasteiger partial charge in [0, 0.05) is 31.9 Å². The molecule has 0 saturated carbocycles. The zero-order valence-corrected chi connectivity index (χ0v) is 26.4. The number of unbranched alkanes of at least 4 members (excludes halogenated alkanes) is 21. The summed E-state index contributed by atoms with van der Waals surface area (Å²) in [6.07, 6.45) is 39.1. The topological polar surface area (TPSA) is 6.48 Å². The summed E-state index contributed by atoms with van der Waals surface area (Å²) in [5.41, 5.74) is 1.47. The van der Waals surface area contributed by atoms with Crippen molar-refractivity contribution in [2.24, 2.45) is 0 Å². The molecule has 1 heterocycles. The highest BCUT2D eigenvalue weighted by atomic mass is 15.4. The third kappa shape index (κ3) is 17.1. The van der Waals surface area contributed by atoms with Gasteiger partial charge >= 0.3 is 0 Å². The molecule has 2 nitrogen and oxygen atoms in total. The van der Waals surface area contributed by atoms with Gasteiger partial charge in [0.05, 0.1) is 0 Å². The van der Waals surface area contributed by atoms with Crippen LogP contribution in [0.3, 0.4) is 0 Å². The van der Waals surface area contributed by atoms with Gasteiger partial charge in [0.25, 0.3) is 0 Å². The van der Waals surface area contributed by atoms with Gasteiger partial charge in [-0.3, -0.25) is 0 Å². The molecule has 224 valence electrons. The lowest BCUT2D eigenvalue weighted by Crippen LogP contribution is -2.41. The van der Waals surface area contributed by atoms with E-state index in [1.807, 2.05) is 0 Å². The minimum absolute atomic E-state index is 0.503. The molecule has 0 saturated heterocycles. The largest absolute Gasteiger partial charge is 0.356 e. The molecule has 39 heavy (non-hydrogen) atoms. The molecule has 0 fully saturated rings. The molecule has 0 aliphatic carbocycles. The van der Waals surface area contributed by atoms with Gasteiger partial charge < -0.3 is 9.80 Å². The Bertz CT molecular complexity index is 669. The van der Waals surface area contributed by atoms with E-state index in [4.69, 9.17) is 0 Å². The van der Waals surface area contributed by atoms with Crippen LogP contribution in [0.5, 0.6) is 0 Å². The molecule has 1 aromatic rings. The van der Waals surface area contributed by atoms with E-state index in [2.05, 4.69) is 66.4 Å². The SMILES string of the molecule is CCCCCCCCCCCCCCCCCN1C=CN(CCCCCCCCCC)C1Cc1ccccc1. The van der Waals surface area contributed by atoms with E-state index in [1.54, 1.807) is 0 Å². The van der Waals surface area contributed by atoms with Crippen LogP contribution in [0.25, 0.3) is 0 Å². The summed E-state index contributed by atoms with van der Waals surface area (Å²) in [5.74, 6) is 0. The molecule has 0 amide bonds. The van der Waals surface area contributed by atoms with Gasteiger partial charge in [0.2, 0.25) is 0 Å². The molecule has 0 aromatic heterocycles. The standard InChI is InChI=1S/C37H66N2/c1-3-5-7-9-11-13-14-15-16-17-18-19-21-23-28-32-39-34-33-38(31-27-22-20-12-10-8-6-4-2)37(39)35-36-29-25-24-26-30-36/h24-26,29-30,33-34,37H,3-23,27-28,31-32,35H2,1-2H3. The molecular weight excluding hydrogens is 472 g/mol. The van der Waals surface area contributed by atoms with Crippen molar-refractivity contribution in [3.63, 3.8) is 0 Å². The van der Waals surface area contributed by atoms with Gasteiger partial charge in [-0.05, 0) is 18.4 Å². The van der Waals surface area contributed by atoms with Crippen LogP contribution in [0.15, 0.2) is 42.7 Å². The van der Waals surface area contributed by atoms with E-state index in [0.717, 1.165) is 6.42 Å². The van der Waals surface area contributed by atoms with Crippen LogP contribution < -0.4 is 0 Å². The lowest BCUT2D eigenvalue weighted by Gasteiger charge is -2.33. The molecule has 0 spiro atoms. The minimum Gasteiger partial charge on any atom is -0.356 e. The maximum Gasteiger partial charge on any atom is 0.105 e. The highest BCUT2D eigenvalue weighted by Crippen LogP contribution is 2.22. The molecule has 2 heteroatoms. The average molecular weight is 539 g/mol. The van der Waals surface area contributed by atoms with Crippen molar-refractivity contribution >= 4 is 0 Å². The van der Waals surface area contributed by atoms with Crippen molar-refractivity contribution in [2.75, 3.05) is 13.1 Å². The van der Waals surface area contributed by atoms with E-state index in [0.29, 0.717) is 6.17 Å². The number of hydrogen-bond acceptors (Lipinski definition) is 2. The number of rotatable bonds is 27. The molecule has 1 aliphatic heterocycles. The summed E-state index contributed by atoms with van der Waals surface area (Å²) in [6, 6.07) is 11.1. The van der Waals surface area contributed by atoms with Gasteiger partial charge in [-0.25, -0.2) is 0 Å². The maximum absolute atomic E-state index is 2.64. The second-order valence-electron chi connectivity index (χ2n) is 12.4. The first-order valence-corrected chi connectivity index (χ1v) is 17.6. The smallest absolute Gasteiger partial charge is 0.105 e. The van der Waals surface area contributed by atoms with E-state index < -0.39 is 0 Å². The Morgan fingerprint density at radius 2 is 0.769 bits per heavy atom. The lowest BCUT2D eigenvalue weighted by atomic mass is 10.0. The molecule has 0 radical (unpaired) electrons. The average Bonchev–Trinajstić information content (AvgIpc) is 3.33. The summed E-state index contributed by atoms with van der Waals surface area (Å²) in [5, 5.41) is 0. The number of hydrogen-bond donors (Lipinski definition) is 0. The molecule has 1 aliphatic rings. The summed E-state index contributed by atoms with van der Waals surface area (Å²) >= 11 is 0. The summed E-state index contributed by atoms with van der Waals surface area (Å²) < 4.78 is 0. The molecule has 1 atom stereocenters. The van der Waals surface area contributed by atoms with Crippen molar-refractivity contribution in [3.8, 4) is 0 Å². The lowest BCUT2D eigenvalue weighted by molar-refractivity contribution is 0.148. The third-order valence-electron chi connectivity index (χ3n) is 8.77. The molecule has 1 unspecified atom stereocenters.